The lowest BCUT2D eigenvalue weighted by Gasteiger charge is -2.39. The molecule has 1 atom stereocenters. The van der Waals surface area contributed by atoms with Gasteiger partial charge < -0.3 is 9.64 Å². The lowest BCUT2D eigenvalue weighted by Crippen LogP contribution is -2.50. The summed E-state index contributed by atoms with van der Waals surface area (Å²) in [5.74, 6) is 1.07. The summed E-state index contributed by atoms with van der Waals surface area (Å²) in [5, 5.41) is 11.8. The molecule has 0 saturated carbocycles. The second-order valence-corrected chi connectivity index (χ2v) is 10.1. The van der Waals surface area contributed by atoms with Crippen LogP contribution in [0.1, 0.15) is 42.5 Å². The SMILES string of the molecule is CCOc1ccc(-n2c(C(CC)N3CCN(C(=O)c4ccc(Cl)c([N+](=O)[O-])c4)CC3)nc3ccccc3c2=O)cc1. The van der Waals surface area contributed by atoms with E-state index in [1.807, 2.05) is 49.4 Å². The lowest BCUT2D eigenvalue weighted by molar-refractivity contribution is -0.384. The van der Waals surface area contributed by atoms with Crippen LogP contribution in [-0.2, 0) is 0 Å². The third kappa shape index (κ3) is 5.66. The third-order valence-corrected chi connectivity index (χ3v) is 7.64. The van der Waals surface area contributed by atoms with Gasteiger partial charge in [-0.3, -0.25) is 29.2 Å². The molecule has 0 radical (unpaired) electrons. The molecule has 1 aliphatic rings. The zero-order valence-corrected chi connectivity index (χ0v) is 23.6. The number of nitro benzene ring substituents is 1. The molecule has 0 spiro atoms. The van der Waals surface area contributed by atoms with Gasteiger partial charge in [0.2, 0.25) is 0 Å². The summed E-state index contributed by atoms with van der Waals surface area (Å²) in [6.45, 7) is 6.46. The van der Waals surface area contributed by atoms with Crippen molar-refractivity contribution in [2.45, 2.75) is 26.3 Å². The van der Waals surface area contributed by atoms with Gasteiger partial charge in [0.1, 0.15) is 16.6 Å². The minimum absolute atomic E-state index is 0.0105. The number of halogens is 1. The molecule has 1 aromatic heterocycles. The number of nitro groups is 1. The highest BCUT2D eigenvalue weighted by atomic mass is 35.5. The number of carbonyl (C=O) groups is 1. The van der Waals surface area contributed by atoms with Gasteiger partial charge in [-0.2, -0.15) is 0 Å². The second kappa shape index (κ2) is 12.1. The van der Waals surface area contributed by atoms with Crippen LogP contribution >= 0.6 is 11.6 Å². The Kier molecular flexibility index (Phi) is 8.32. The fraction of sp³-hybridized carbons (Fsp3) is 0.300. The van der Waals surface area contributed by atoms with Gasteiger partial charge in [0.15, 0.2) is 0 Å². The zero-order chi connectivity index (χ0) is 29.1. The van der Waals surface area contributed by atoms with Crippen LogP contribution in [0.2, 0.25) is 5.02 Å². The Morgan fingerprint density at radius 2 is 1.76 bits per heavy atom. The van der Waals surface area contributed by atoms with Crippen molar-refractivity contribution in [2.24, 2.45) is 0 Å². The maximum Gasteiger partial charge on any atom is 0.288 e. The molecule has 2 heterocycles. The van der Waals surface area contributed by atoms with E-state index in [1.165, 1.54) is 18.2 Å². The number of nitrogens with zero attached hydrogens (tertiary/aromatic N) is 5. The molecule has 212 valence electrons. The smallest absolute Gasteiger partial charge is 0.288 e. The monoisotopic (exact) mass is 575 g/mol. The van der Waals surface area contributed by atoms with Gasteiger partial charge in [-0.1, -0.05) is 30.7 Å². The van der Waals surface area contributed by atoms with Crippen molar-refractivity contribution in [3.63, 3.8) is 0 Å². The maximum absolute atomic E-state index is 13.8. The molecule has 4 aromatic rings. The molecule has 1 aliphatic heterocycles. The third-order valence-electron chi connectivity index (χ3n) is 7.32. The quantitative estimate of drug-likeness (QED) is 0.208. The van der Waals surface area contributed by atoms with Crippen molar-refractivity contribution in [1.82, 2.24) is 19.4 Å². The lowest BCUT2D eigenvalue weighted by atomic mass is 10.1. The number of carbonyl (C=O) groups excluding carboxylic acids is 1. The highest BCUT2D eigenvalue weighted by molar-refractivity contribution is 6.32. The van der Waals surface area contributed by atoms with Crippen LogP contribution in [0.4, 0.5) is 5.69 Å². The molecule has 0 aliphatic carbocycles. The molecule has 3 aromatic carbocycles. The highest BCUT2D eigenvalue weighted by Gasteiger charge is 2.30. The summed E-state index contributed by atoms with van der Waals surface area (Å²) in [7, 11) is 0. The number of amides is 1. The van der Waals surface area contributed by atoms with Gasteiger partial charge in [-0.25, -0.2) is 4.98 Å². The molecule has 1 fully saturated rings. The molecule has 5 rings (SSSR count). The molecule has 1 saturated heterocycles. The van der Waals surface area contributed by atoms with Gasteiger partial charge in [0, 0.05) is 37.8 Å². The van der Waals surface area contributed by atoms with Crippen LogP contribution in [0, 0.1) is 10.1 Å². The molecular formula is C30H30ClN5O5. The molecule has 41 heavy (non-hydrogen) atoms. The summed E-state index contributed by atoms with van der Waals surface area (Å²) in [6, 6.07) is 18.7. The summed E-state index contributed by atoms with van der Waals surface area (Å²) in [6.07, 6.45) is 0.694. The average molecular weight is 576 g/mol. The Bertz CT molecular complexity index is 1650. The van der Waals surface area contributed by atoms with E-state index >= 15 is 0 Å². The van der Waals surface area contributed by atoms with Gasteiger partial charge in [-0.15, -0.1) is 0 Å². The molecule has 0 bridgehead atoms. The Morgan fingerprint density at radius 1 is 1.05 bits per heavy atom. The van der Waals surface area contributed by atoms with Crippen molar-refractivity contribution >= 4 is 34.1 Å². The maximum atomic E-state index is 13.8. The zero-order valence-electron chi connectivity index (χ0n) is 22.8. The van der Waals surface area contributed by atoms with Crippen LogP contribution < -0.4 is 10.3 Å². The molecule has 10 nitrogen and oxygen atoms in total. The van der Waals surface area contributed by atoms with E-state index in [0.29, 0.717) is 61.6 Å². The number of rotatable bonds is 8. The van der Waals surface area contributed by atoms with Crippen molar-refractivity contribution in [2.75, 3.05) is 32.8 Å². The van der Waals surface area contributed by atoms with Crippen molar-refractivity contribution in [3.05, 3.63) is 104 Å². The van der Waals surface area contributed by atoms with Crippen LogP contribution in [0.3, 0.4) is 0 Å². The number of fused-ring (bicyclic) bond motifs is 1. The number of hydrogen-bond acceptors (Lipinski definition) is 7. The minimum Gasteiger partial charge on any atom is -0.494 e. The van der Waals surface area contributed by atoms with Crippen LogP contribution in [-0.4, -0.2) is 63.0 Å². The first-order valence-electron chi connectivity index (χ1n) is 13.5. The van der Waals surface area contributed by atoms with E-state index in [0.717, 1.165) is 5.75 Å². The van der Waals surface area contributed by atoms with Gasteiger partial charge >= 0.3 is 0 Å². The summed E-state index contributed by atoms with van der Waals surface area (Å²) >= 11 is 5.93. The number of aromatic nitrogens is 2. The second-order valence-electron chi connectivity index (χ2n) is 9.73. The molecule has 11 heteroatoms. The molecule has 0 N–H and O–H groups in total. The van der Waals surface area contributed by atoms with Crippen LogP contribution in [0.5, 0.6) is 5.75 Å². The molecule has 1 unspecified atom stereocenters. The number of piperazine rings is 1. The van der Waals surface area contributed by atoms with Crippen LogP contribution in [0.25, 0.3) is 16.6 Å². The number of benzene rings is 3. The normalized spacial score (nSPS) is 14.7. The van der Waals surface area contributed by atoms with Gasteiger partial charge in [0.05, 0.1) is 34.2 Å². The molecule has 1 amide bonds. The fourth-order valence-corrected chi connectivity index (χ4v) is 5.48. The van der Waals surface area contributed by atoms with E-state index in [1.54, 1.807) is 15.5 Å². The Balaban J connectivity index is 1.44. The first kappa shape index (κ1) is 28.3. The number of hydrogen-bond donors (Lipinski definition) is 0. The van der Waals surface area contributed by atoms with E-state index < -0.39 is 4.92 Å². The Labute approximate surface area is 241 Å². The van der Waals surface area contributed by atoms with E-state index in [4.69, 9.17) is 21.3 Å². The number of para-hydroxylation sites is 1. The number of ether oxygens (including phenoxy) is 1. The standard InChI is InChI=1S/C30H30ClN5O5/c1-3-26(33-15-17-34(18-16-33)29(37)20-9-14-24(31)27(19-20)36(39)40)28-32-25-8-6-5-7-23(25)30(38)35(28)21-10-12-22(13-11-21)41-4-2/h5-14,19,26H,3-4,15-18H2,1-2H3. The largest absolute Gasteiger partial charge is 0.494 e. The Morgan fingerprint density at radius 3 is 2.41 bits per heavy atom. The van der Waals surface area contributed by atoms with Gasteiger partial charge in [0.25, 0.3) is 17.2 Å². The predicted molar refractivity (Wildman–Crippen MR) is 157 cm³/mol. The predicted octanol–water partition coefficient (Wildman–Crippen LogP) is 5.26. The average Bonchev–Trinajstić information content (AvgIpc) is 2.98. The first-order chi connectivity index (χ1) is 19.8. The van der Waals surface area contributed by atoms with Crippen molar-refractivity contribution < 1.29 is 14.5 Å². The van der Waals surface area contributed by atoms with Crippen molar-refractivity contribution in [1.29, 1.82) is 0 Å². The summed E-state index contributed by atoms with van der Waals surface area (Å²) in [4.78, 5) is 46.6. The first-order valence-corrected chi connectivity index (χ1v) is 13.9. The highest BCUT2D eigenvalue weighted by Crippen LogP contribution is 2.29. The van der Waals surface area contributed by atoms with Crippen molar-refractivity contribution in [3.8, 4) is 11.4 Å². The summed E-state index contributed by atoms with van der Waals surface area (Å²) in [5.41, 5.74) is 1.11. The van der Waals surface area contributed by atoms with Crippen LogP contribution in [0.15, 0.2) is 71.5 Å². The summed E-state index contributed by atoms with van der Waals surface area (Å²) < 4.78 is 7.27. The van der Waals surface area contributed by atoms with E-state index in [9.17, 15) is 19.7 Å². The molecular weight excluding hydrogens is 546 g/mol. The topological polar surface area (TPSA) is 111 Å². The van der Waals surface area contributed by atoms with E-state index in [-0.39, 0.29) is 33.8 Å². The van der Waals surface area contributed by atoms with E-state index in [2.05, 4.69) is 11.8 Å². The van der Waals surface area contributed by atoms with Gasteiger partial charge in [-0.05, 0) is 61.9 Å². The Hall–Kier alpha value is -4.28. The fourth-order valence-electron chi connectivity index (χ4n) is 5.29. The minimum atomic E-state index is -0.594.